The molecule has 1 aromatic carbocycles. The van der Waals surface area contributed by atoms with Crippen molar-refractivity contribution in [1.29, 1.82) is 0 Å². The third-order valence-electron chi connectivity index (χ3n) is 4.85. The van der Waals surface area contributed by atoms with Crippen LogP contribution in [0.3, 0.4) is 0 Å². The lowest BCUT2D eigenvalue weighted by molar-refractivity contribution is -0.127. The van der Waals surface area contributed by atoms with Gasteiger partial charge in [-0.2, -0.15) is 0 Å². The van der Waals surface area contributed by atoms with Crippen molar-refractivity contribution in [3.05, 3.63) is 66.5 Å². The summed E-state index contributed by atoms with van der Waals surface area (Å²) in [5.41, 5.74) is 2.27. The van der Waals surface area contributed by atoms with Gasteiger partial charge >= 0.3 is 0 Å². The molecule has 1 fully saturated rings. The van der Waals surface area contributed by atoms with Crippen LogP contribution in [0.5, 0.6) is 0 Å². The first-order valence-electron chi connectivity index (χ1n) is 8.93. The topological polar surface area (TPSA) is 76.5 Å². The number of pyridine rings is 1. The Kier molecular flexibility index (Phi) is 3.71. The van der Waals surface area contributed by atoms with Gasteiger partial charge in [0.2, 0.25) is 11.8 Å². The Morgan fingerprint density at radius 2 is 2.04 bits per heavy atom. The Morgan fingerprint density at radius 3 is 2.96 bits per heavy atom. The van der Waals surface area contributed by atoms with E-state index in [9.17, 15) is 4.79 Å². The van der Waals surface area contributed by atoms with Gasteiger partial charge in [-0.3, -0.25) is 9.20 Å². The van der Waals surface area contributed by atoms with Crippen molar-refractivity contribution in [2.24, 2.45) is 0 Å². The molecule has 3 aromatic heterocycles. The molecular formula is C20H17N5O2. The van der Waals surface area contributed by atoms with Gasteiger partial charge in [-0.25, -0.2) is 4.98 Å². The van der Waals surface area contributed by atoms with Crippen LogP contribution in [0.4, 0.5) is 0 Å². The fourth-order valence-corrected chi connectivity index (χ4v) is 3.59. The smallest absolute Gasteiger partial charge is 0.247 e. The number of likely N-dealkylation sites (tertiary alicyclic amines) is 1. The predicted octanol–water partition coefficient (Wildman–Crippen LogP) is 3.25. The second-order valence-corrected chi connectivity index (χ2v) is 6.53. The normalized spacial score (nSPS) is 17.5. The molecule has 0 unspecified atom stereocenters. The van der Waals surface area contributed by atoms with Gasteiger partial charge in [0.05, 0.1) is 6.04 Å². The first kappa shape index (κ1) is 15.7. The Balaban J connectivity index is 1.40. The zero-order valence-electron chi connectivity index (χ0n) is 14.5. The molecule has 4 aromatic rings. The van der Waals surface area contributed by atoms with Crippen molar-refractivity contribution < 1.29 is 9.21 Å². The van der Waals surface area contributed by atoms with E-state index in [0.717, 1.165) is 29.8 Å². The fraction of sp³-hybridized carbons (Fsp3) is 0.200. The van der Waals surface area contributed by atoms with E-state index in [-0.39, 0.29) is 11.9 Å². The van der Waals surface area contributed by atoms with Crippen molar-refractivity contribution in [2.75, 3.05) is 6.54 Å². The van der Waals surface area contributed by atoms with Gasteiger partial charge in [0.25, 0.3) is 0 Å². The van der Waals surface area contributed by atoms with Gasteiger partial charge in [-0.1, -0.05) is 18.2 Å². The average Bonchev–Trinajstić information content (AvgIpc) is 3.42. The van der Waals surface area contributed by atoms with Crippen LogP contribution in [-0.4, -0.2) is 36.9 Å². The van der Waals surface area contributed by atoms with E-state index in [4.69, 9.17) is 4.42 Å². The van der Waals surface area contributed by atoms with Gasteiger partial charge in [-0.15, -0.1) is 10.2 Å². The Bertz CT molecular complexity index is 1130. The third-order valence-corrected chi connectivity index (χ3v) is 4.85. The minimum atomic E-state index is -0.0804. The summed E-state index contributed by atoms with van der Waals surface area (Å²) in [6.07, 6.45) is 6.89. The van der Waals surface area contributed by atoms with Gasteiger partial charge in [0, 0.05) is 24.9 Å². The summed E-state index contributed by atoms with van der Waals surface area (Å²) in [7, 11) is 0. The number of carbonyl (C=O) groups excluding carboxylic acids is 1. The fourth-order valence-electron chi connectivity index (χ4n) is 3.59. The molecule has 0 radical (unpaired) electrons. The number of rotatable bonds is 3. The van der Waals surface area contributed by atoms with Crippen molar-refractivity contribution in [1.82, 2.24) is 24.5 Å². The maximum absolute atomic E-state index is 12.8. The minimum absolute atomic E-state index is 0.0764. The number of para-hydroxylation sites is 2. The standard InChI is InChI=1S/C20H17N5O2/c26-19(11-10-18-21-14-6-1-2-8-16(14)27-18)24-13-5-7-15(24)20-23-22-17-9-3-4-12-25(17)20/h1-4,6,8-12,15H,5,7,13H2/b11-10-/t15-/m1/s1. The molecule has 0 saturated carbocycles. The molecule has 0 bridgehead atoms. The van der Waals surface area contributed by atoms with Crippen molar-refractivity contribution >= 4 is 28.7 Å². The molecular weight excluding hydrogens is 342 g/mol. The maximum Gasteiger partial charge on any atom is 0.247 e. The number of oxazole rings is 1. The molecule has 0 aliphatic carbocycles. The summed E-state index contributed by atoms with van der Waals surface area (Å²) >= 11 is 0. The Labute approximate surface area is 154 Å². The molecule has 27 heavy (non-hydrogen) atoms. The van der Waals surface area contributed by atoms with Crippen molar-refractivity contribution in [2.45, 2.75) is 18.9 Å². The Morgan fingerprint density at radius 1 is 1.15 bits per heavy atom. The molecule has 5 rings (SSSR count). The van der Waals surface area contributed by atoms with Gasteiger partial charge in [0.1, 0.15) is 5.52 Å². The van der Waals surface area contributed by atoms with E-state index < -0.39 is 0 Å². The minimum Gasteiger partial charge on any atom is -0.437 e. The van der Waals surface area contributed by atoms with Crippen LogP contribution in [0.15, 0.2) is 59.2 Å². The first-order chi connectivity index (χ1) is 13.3. The van der Waals surface area contributed by atoms with Crippen LogP contribution >= 0.6 is 0 Å². The first-order valence-corrected chi connectivity index (χ1v) is 8.93. The monoisotopic (exact) mass is 359 g/mol. The summed E-state index contributed by atoms with van der Waals surface area (Å²) in [5, 5.41) is 8.53. The highest BCUT2D eigenvalue weighted by atomic mass is 16.3. The number of amides is 1. The molecule has 0 N–H and O–H groups in total. The molecule has 1 saturated heterocycles. The number of nitrogens with zero attached hydrogens (tertiary/aromatic N) is 5. The van der Waals surface area contributed by atoms with Gasteiger partial charge in [-0.05, 0) is 37.1 Å². The van der Waals surface area contributed by atoms with Crippen LogP contribution < -0.4 is 0 Å². The predicted molar refractivity (Wildman–Crippen MR) is 99.7 cm³/mol. The van der Waals surface area contributed by atoms with Crippen molar-refractivity contribution in [3.8, 4) is 0 Å². The maximum atomic E-state index is 12.8. The molecule has 1 amide bonds. The van der Waals surface area contributed by atoms with Crippen LogP contribution in [0, 0.1) is 0 Å². The van der Waals surface area contributed by atoms with E-state index in [1.54, 1.807) is 6.08 Å². The molecule has 4 heterocycles. The summed E-state index contributed by atoms with van der Waals surface area (Å²) in [6, 6.07) is 13.2. The molecule has 7 nitrogen and oxygen atoms in total. The van der Waals surface area contributed by atoms with E-state index in [1.165, 1.54) is 6.08 Å². The summed E-state index contributed by atoms with van der Waals surface area (Å²) < 4.78 is 7.59. The number of fused-ring (bicyclic) bond motifs is 2. The number of carbonyl (C=O) groups is 1. The number of benzene rings is 1. The largest absolute Gasteiger partial charge is 0.437 e. The lowest BCUT2D eigenvalue weighted by Crippen LogP contribution is -2.30. The SMILES string of the molecule is O=C(/C=C\c1nc2ccccc2o1)N1CCC[C@@H]1c1nnc2ccccn12. The second-order valence-electron chi connectivity index (χ2n) is 6.53. The van der Waals surface area contributed by atoms with Crippen LogP contribution in [0.1, 0.15) is 30.6 Å². The molecule has 134 valence electrons. The highest BCUT2D eigenvalue weighted by Crippen LogP contribution is 2.31. The molecule has 1 atom stereocenters. The quantitative estimate of drug-likeness (QED) is 0.525. The molecule has 0 spiro atoms. The zero-order chi connectivity index (χ0) is 18.2. The van der Waals surface area contributed by atoms with E-state index >= 15 is 0 Å². The van der Waals surface area contributed by atoms with Crippen molar-refractivity contribution in [3.63, 3.8) is 0 Å². The van der Waals surface area contributed by atoms with Gasteiger partial charge < -0.3 is 9.32 Å². The summed E-state index contributed by atoms with van der Waals surface area (Å²) in [6.45, 7) is 0.698. The number of hydrogen-bond donors (Lipinski definition) is 0. The van der Waals surface area contributed by atoms with E-state index in [2.05, 4.69) is 15.2 Å². The highest BCUT2D eigenvalue weighted by molar-refractivity contribution is 5.92. The molecule has 7 heteroatoms. The molecule has 1 aliphatic rings. The third kappa shape index (κ3) is 2.77. The van der Waals surface area contributed by atoms with Crippen LogP contribution in [-0.2, 0) is 4.79 Å². The van der Waals surface area contributed by atoms with E-state index in [0.29, 0.717) is 18.0 Å². The number of aromatic nitrogens is 4. The zero-order valence-corrected chi connectivity index (χ0v) is 14.5. The van der Waals surface area contributed by atoms with Crippen LogP contribution in [0.25, 0.3) is 22.8 Å². The van der Waals surface area contributed by atoms with Crippen LogP contribution in [0.2, 0.25) is 0 Å². The average molecular weight is 359 g/mol. The van der Waals surface area contributed by atoms with Gasteiger partial charge in [0.15, 0.2) is 17.1 Å². The molecule has 1 aliphatic heterocycles. The van der Waals surface area contributed by atoms with E-state index in [1.807, 2.05) is 58.0 Å². The Hall–Kier alpha value is -3.48. The summed E-state index contributed by atoms with van der Waals surface area (Å²) in [4.78, 5) is 19.0. The highest BCUT2D eigenvalue weighted by Gasteiger charge is 2.32. The summed E-state index contributed by atoms with van der Waals surface area (Å²) in [5.74, 6) is 1.15. The number of hydrogen-bond acceptors (Lipinski definition) is 5. The second kappa shape index (κ2) is 6.35. The lowest BCUT2D eigenvalue weighted by atomic mass is 10.2. The lowest BCUT2D eigenvalue weighted by Gasteiger charge is -2.21.